The summed E-state index contributed by atoms with van der Waals surface area (Å²) in [5, 5.41) is 0. The van der Waals surface area contributed by atoms with Crippen molar-refractivity contribution in [2.45, 2.75) is 89.6 Å². The van der Waals surface area contributed by atoms with Crippen LogP contribution in [0.15, 0.2) is 36.4 Å². The van der Waals surface area contributed by atoms with Gasteiger partial charge in [-0.25, -0.2) is 8.78 Å². The van der Waals surface area contributed by atoms with E-state index in [0.29, 0.717) is 11.5 Å². The van der Waals surface area contributed by atoms with Crippen LogP contribution in [0.1, 0.15) is 82.6 Å². The second kappa shape index (κ2) is 11.5. The fourth-order valence-corrected chi connectivity index (χ4v) is 6.19. The average molecular weight is 513 g/mol. The fraction of sp³-hybridized carbons (Fsp3) is 0.586. The second-order valence-electron chi connectivity index (χ2n) is 10.6. The molecule has 0 radical (unpaired) electrons. The molecular formula is C29H34F6O. The Labute approximate surface area is 209 Å². The van der Waals surface area contributed by atoms with Gasteiger partial charge in [0.15, 0.2) is 17.4 Å². The third-order valence-electron chi connectivity index (χ3n) is 8.14. The van der Waals surface area contributed by atoms with Crippen molar-refractivity contribution < 1.29 is 31.1 Å². The summed E-state index contributed by atoms with van der Waals surface area (Å²) in [7, 11) is 0. The number of fused-ring (bicyclic) bond motifs is 1. The number of rotatable bonds is 9. The molecule has 0 aromatic heterocycles. The number of halogens is 6. The number of ether oxygens (including phenoxy) is 1. The minimum Gasteiger partial charge on any atom is -0.422 e. The van der Waals surface area contributed by atoms with Crippen LogP contribution in [0.5, 0.6) is 5.75 Å². The van der Waals surface area contributed by atoms with Crippen LogP contribution in [0.4, 0.5) is 26.3 Å². The monoisotopic (exact) mass is 512 g/mol. The predicted octanol–water partition coefficient (Wildman–Crippen LogP) is 9.75. The summed E-state index contributed by atoms with van der Waals surface area (Å²) in [4.78, 5) is 0. The Hall–Kier alpha value is -2.18. The van der Waals surface area contributed by atoms with Gasteiger partial charge in [-0.3, -0.25) is 0 Å². The molecule has 1 nitrogen and oxygen atoms in total. The van der Waals surface area contributed by atoms with Crippen molar-refractivity contribution in [3.63, 3.8) is 0 Å². The number of unbranched alkanes of at least 4 members (excludes halogenated alkanes) is 2. The molecule has 0 aliphatic heterocycles. The molecule has 0 saturated heterocycles. The van der Waals surface area contributed by atoms with Crippen molar-refractivity contribution in [3.05, 3.63) is 53.6 Å². The van der Waals surface area contributed by atoms with Crippen LogP contribution >= 0.6 is 0 Å². The molecule has 2 aromatic rings. The van der Waals surface area contributed by atoms with Crippen molar-refractivity contribution >= 4 is 0 Å². The largest absolute Gasteiger partial charge is 0.461 e. The highest BCUT2D eigenvalue weighted by molar-refractivity contribution is 5.65. The van der Waals surface area contributed by atoms with E-state index in [4.69, 9.17) is 0 Å². The van der Waals surface area contributed by atoms with Crippen LogP contribution in [-0.4, -0.2) is 12.5 Å². The fourth-order valence-electron chi connectivity index (χ4n) is 6.19. The molecule has 0 spiro atoms. The van der Waals surface area contributed by atoms with E-state index in [9.17, 15) is 26.3 Å². The first kappa shape index (κ1) is 26.9. The number of hydrogen-bond acceptors (Lipinski definition) is 1. The van der Waals surface area contributed by atoms with Gasteiger partial charge in [-0.1, -0.05) is 63.3 Å². The molecule has 2 aromatic carbocycles. The molecule has 0 heterocycles. The standard InChI is InChI=1S/C29H34F6O/c1-2-3-4-5-18-6-7-23-15-22(13-12-21(23)14-18)19-8-10-20(11-9-19)24-16-25(30)27(26(31)17-24)36-29(34,35)28(32)33/h8-11,16-18,21-23,28H,2-7,12-15H2,1H3. The summed E-state index contributed by atoms with van der Waals surface area (Å²) in [6.07, 6.45) is 3.64. The predicted molar refractivity (Wildman–Crippen MR) is 128 cm³/mol. The quantitative estimate of drug-likeness (QED) is 0.240. The van der Waals surface area contributed by atoms with Crippen LogP contribution in [0.2, 0.25) is 0 Å². The van der Waals surface area contributed by atoms with Gasteiger partial charge in [0.25, 0.3) is 0 Å². The van der Waals surface area contributed by atoms with Gasteiger partial charge in [-0.05, 0) is 84.6 Å². The van der Waals surface area contributed by atoms with E-state index >= 15 is 0 Å². The maximum Gasteiger partial charge on any atom is 0.461 e. The van der Waals surface area contributed by atoms with E-state index in [2.05, 4.69) is 11.7 Å². The molecule has 4 atom stereocenters. The summed E-state index contributed by atoms with van der Waals surface area (Å²) in [5.74, 6) is -1.52. The van der Waals surface area contributed by atoms with E-state index < -0.39 is 29.9 Å². The zero-order valence-corrected chi connectivity index (χ0v) is 20.6. The van der Waals surface area contributed by atoms with Crippen LogP contribution in [0.25, 0.3) is 11.1 Å². The maximum absolute atomic E-state index is 14.3. The molecule has 7 heteroatoms. The highest BCUT2D eigenvalue weighted by Gasteiger charge is 2.45. The Balaban J connectivity index is 1.39. The molecule has 4 unspecified atom stereocenters. The zero-order chi connectivity index (χ0) is 25.9. The van der Waals surface area contributed by atoms with Crippen LogP contribution < -0.4 is 4.74 Å². The van der Waals surface area contributed by atoms with Crippen LogP contribution in [0, 0.1) is 29.4 Å². The third-order valence-corrected chi connectivity index (χ3v) is 8.14. The molecule has 4 rings (SSSR count). The van der Waals surface area contributed by atoms with Gasteiger partial charge in [0.05, 0.1) is 0 Å². The molecular weight excluding hydrogens is 478 g/mol. The zero-order valence-electron chi connectivity index (χ0n) is 20.6. The Morgan fingerprint density at radius 1 is 0.861 bits per heavy atom. The Kier molecular flexibility index (Phi) is 8.56. The van der Waals surface area contributed by atoms with Gasteiger partial charge in [-0.2, -0.15) is 17.6 Å². The van der Waals surface area contributed by atoms with Crippen LogP contribution in [0.3, 0.4) is 0 Å². The Morgan fingerprint density at radius 3 is 2.14 bits per heavy atom. The van der Waals surface area contributed by atoms with E-state index in [-0.39, 0.29) is 5.56 Å². The summed E-state index contributed by atoms with van der Waals surface area (Å²) in [6, 6.07) is 9.07. The summed E-state index contributed by atoms with van der Waals surface area (Å²) in [5.41, 5.74) is 1.82. The van der Waals surface area contributed by atoms with Gasteiger partial charge in [0.2, 0.25) is 0 Å². The Bertz CT molecular complexity index is 982. The van der Waals surface area contributed by atoms with Gasteiger partial charge >= 0.3 is 12.5 Å². The van der Waals surface area contributed by atoms with Crippen molar-refractivity contribution in [3.8, 4) is 16.9 Å². The Morgan fingerprint density at radius 2 is 1.50 bits per heavy atom. The topological polar surface area (TPSA) is 9.23 Å². The molecule has 2 aliphatic rings. The van der Waals surface area contributed by atoms with Gasteiger partial charge in [0, 0.05) is 0 Å². The van der Waals surface area contributed by atoms with Gasteiger partial charge in [0.1, 0.15) is 0 Å². The number of alkyl halides is 4. The summed E-state index contributed by atoms with van der Waals surface area (Å²) < 4.78 is 83.2. The highest BCUT2D eigenvalue weighted by atomic mass is 19.3. The van der Waals surface area contributed by atoms with Crippen molar-refractivity contribution in [1.29, 1.82) is 0 Å². The van der Waals surface area contributed by atoms with Crippen molar-refractivity contribution in [1.82, 2.24) is 0 Å². The molecule has 0 amide bonds. The molecule has 2 fully saturated rings. The third kappa shape index (κ3) is 6.20. The molecule has 36 heavy (non-hydrogen) atoms. The lowest BCUT2D eigenvalue weighted by Crippen LogP contribution is -2.34. The number of benzene rings is 2. The first-order chi connectivity index (χ1) is 17.2. The summed E-state index contributed by atoms with van der Waals surface area (Å²) in [6.45, 7) is 2.25. The normalized spacial score (nSPS) is 24.6. The smallest absolute Gasteiger partial charge is 0.422 e. The molecule has 0 bridgehead atoms. The van der Waals surface area contributed by atoms with Crippen molar-refractivity contribution in [2.24, 2.45) is 17.8 Å². The lowest BCUT2D eigenvalue weighted by molar-refractivity contribution is -0.255. The lowest BCUT2D eigenvalue weighted by atomic mass is 9.63. The van der Waals surface area contributed by atoms with Gasteiger partial charge in [-0.15, -0.1) is 0 Å². The lowest BCUT2D eigenvalue weighted by Gasteiger charge is -2.42. The van der Waals surface area contributed by atoms with E-state index in [1.54, 1.807) is 12.1 Å². The maximum atomic E-state index is 14.3. The number of hydrogen-bond donors (Lipinski definition) is 0. The van der Waals surface area contributed by atoms with E-state index in [1.807, 2.05) is 12.1 Å². The van der Waals surface area contributed by atoms with E-state index in [0.717, 1.165) is 36.3 Å². The molecule has 2 aliphatic carbocycles. The van der Waals surface area contributed by atoms with Crippen LogP contribution in [-0.2, 0) is 0 Å². The SMILES string of the molecule is CCCCCC1CCC2CC(c3ccc(-c4cc(F)c(OC(F)(F)C(F)F)c(F)c4)cc3)CCC2C1. The van der Waals surface area contributed by atoms with E-state index in [1.165, 1.54) is 63.4 Å². The molecule has 198 valence electrons. The molecule has 0 N–H and O–H groups in total. The highest BCUT2D eigenvalue weighted by Crippen LogP contribution is 2.48. The summed E-state index contributed by atoms with van der Waals surface area (Å²) >= 11 is 0. The minimum atomic E-state index is -4.99. The first-order valence-corrected chi connectivity index (χ1v) is 13.1. The van der Waals surface area contributed by atoms with Crippen molar-refractivity contribution in [2.75, 3.05) is 0 Å². The first-order valence-electron chi connectivity index (χ1n) is 13.1. The van der Waals surface area contributed by atoms with Gasteiger partial charge < -0.3 is 4.74 Å². The average Bonchev–Trinajstić information content (AvgIpc) is 2.86. The second-order valence-corrected chi connectivity index (χ2v) is 10.6. The minimum absolute atomic E-state index is 0.120. The molecule has 2 saturated carbocycles.